The van der Waals surface area contributed by atoms with Crippen LogP contribution in [0.4, 0.5) is 5.82 Å². The lowest BCUT2D eigenvalue weighted by molar-refractivity contribution is -0.121. The molecular formula is C22H27N5O2. The van der Waals surface area contributed by atoms with E-state index in [1.165, 1.54) is 6.33 Å². The van der Waals surface area contributed by atoms with Crippen LogP contribution in [0.15, 0.2) is 36.8 Å². The molecule has 0 unspecified atom stereocenters. The quantitative estimate of drug-likeness (QED) is 0.689. The Bertz CT molecular complexity index is 1000. The number of nitrogen functional groups attached to an aromatic ring is 1. The fourth-order valence-corrected chi connectivity index (χ4v) is 4.20. The van der Waals surface area contributed by atoms with Crippen molar-refractivity contribution in [2.75, 3.05) is 12.8 Å². The highest BCUT2D eigenvalue weighted by molar-refractivity contribution is 6.00. The molecule has 7 nitrogen and oxygen atoms in total. The zero-order valence-corrected chi connectivity index (χ0v) is 16.9. The summed E-state index contributed by atoms with van der Waals surface area (Å²) in [6.45, 7) is 1.89. The lowest BCUT2D eigenvalue weighted by Gasteiger charge is -2.30. The number of methoxy groups -OCH3 is 1. The predicted octanol–water partition coefficient (Wildman–Crippen LogP) is 3.70. The molecule has 3 N–H and O–H groups in total. The Labute approximate surface area is 170 Å². The molecule has 0 atom stereocenters. The summed E-state index contributed by atoms with van der Waals surface area (Å²) in [6, 6.07) is 8.54. The van der Waals surface area contributed by atoms with Crippen molar-refractivity contribution in [3.63, 3.8) is 0 Å². The van der Waals surface area contributed by atoms with Crippen LogP contribution >= 0.6 is 0 Å². The largest absolute Gasteiger partial charge is 0.497 e. The number of aromatic nitrogens is 3. The van der Waals surface area contributed by atoms with Crippen molar-refractivity contribution in [2.45, 2.75) is 51.1 Å². The molecule has 2 aromatic heterocycles. The van der Waals surface area contributed by atoms with Gasteiger partial charge in [-0.15, -0.1) is 0 Å². The van der Waals surface area contributed by atoms with Crippen molar-refractivity contribution in [2.24, 2.45) is 0 Å². The highest BCUT2D eigenvalue weighted by atomic mass is 16.5. The van der Waals surface area contributed by atoms with E-state index in [4.69, 9.17) is 10.5 Å². The van der Waals surface area contributed by atoms with Gasteiger partial charge >= 0.3 is 0 Å². The predicted molar refractivity (Wildman–Crippen MR) is 114 cm³/mol. The van der Waals surface area contributed by atoms with E-state index in [0.29, 0.717) is 18.3 Å². The van der Waals surface area contributed by atoms with Crippen LogP contribution in [0.5, 0.6) is 5.75 Å². The summed E-state index contributed by atoms with van der Waals surface area (Å²) in [4.78, 5) is 20.5. The van der Waals surface area contributed by atoms with E-state index in [-0.39, 0.29) is 11.9 Å². The fourth-order valence-electron chi connectivity index (χ4n) is 4.20. The van der Waals surface area contributed by atoms with Crippen LogP contribution in [0.2, 0.25) is 0 Å². The first-order valence-corrected chi connectivity index (χ1v) is 10.2. The molecule has 1 saturated carbocycles. The number of anilines is 1. The summed E-state index contributed by atoms with van der Waals surface area (Å²) in [6.07, 6.45) is 8.12. The zero-order chi connectivity index (χ0) is 20.4. The van der Waals surface area contributed by atoms with Crippen molar-refractivity contribution >= 4 is 22.8 Å². The maximum Gasteiger partial charge on any atom is 0.219 e. The Morgan fingerprint density at radius 2 is 1.93 bits per heavy atom. The first-order chi connectivity index (χ1) is 14.1. The van der Waals surface area contributed by atoms with Crippen LogP contribution < -0.4 is 15.8 Å². The van der Waals surface area contributed by atoms with Crippen molar-refractivity contribution < 1.29 is 9.53 Å². The van der Waals surface area contributed by atoms with Gasteiger partial charge in [-0.25, -0.2) is 9.97 Å². The van der Waals surface area contributed by atoms with Crippen LogP contribution in [-0.2, 0) is 4.79 Å². The summed E-state index contributed by atoms with van der Waals surface area (Å²) in [5.41, 5.74) is 9.20. The third-order valence-corrected chi connectivity index (χ3v) is 5.82. The van der Waals surface area contributed by atoms with Crippen molar-refractivity contribution in [1.82, 2.24) is 19.9 Å². The van der Waals surface area contributed by atoms with Gasteiger partial charge in [0.1, 0.15) is 23.5 Å². The maximum absolute atomic E-state index is 11.7. The second kappa shape index (κ2) is 8.11. The summed E-state index contributed by atoms with van der Waals surface area (Å²) < 4.78 is 7.52. The monoisotopic (exact) mass is 393 g/mol. The molecule has 1 aromatic carbocycles. The third-order valence-electron chi connectivity index (χ3n) is 5.82. The van der Waals surface area contributed by atoms with Crippen molar-refractivity contribution in [1.29, 1.82) is 0 Å². The Morgan fingerprint density at radius 1 is 1.21 bits per heavy atom. The number of hydrogen-bond donors (Lipinski definition) is 2. The van der Waals surface area contributed by atoms with E-state index in [1.54, 1.807) is 7.11 Å². The molecule has 1 aliphatic rings. The minimum Gasteiger partial charge on any atom is -0.497 e. The number of carbonyl (C=O) groups excluding carboxylic acids is 1. The summed E-state index contributed by atoms with van der Waals surface area (Å²) >= 11 is 0. The molecule has 1 aliphatic carbocycles. The summed E-state index contributed by atoms with van der Waals surface area (Å²) in [5.74, 6) is 1.43. The van der Waals surface area contributed by atoms with E-state index in [2.05, 4.69) is 26.0 Å². The first kappa shape index (κ1) is 19.2. The van der Waals surface area contributed by atoms with E-state index in [9.17, 15) is 4.79 Å². The van der Waals surface area contributed by atoms with Gasteiger partial charge in [-0.1, -0.05) is 19.1 Å². The molecule has 29 heavy (non-hydrogen) atoms. The number of fused-ring (bicyclic) bond motifs is 1. The average Bonchev–Trinajstić information content (AvgIpc) is 3.15. The Morgan fingerprint density at radius 3 is 2.59 bits per heavy atom. The second-order valence-electron chi connectivity index (χ2n) is 7.56. The number of rotatable bonds is 5. The number of nitrogens with one attached hydrogen (secondary N) is 1. The summed E-state index contributed by atoms with van der Waals surface area (Å²) in [5, 5.41) is 4.01. The van der Waals surface area contributed by atoms with Crippen molar-refractivity contribution in [3.8, 4) is 16.9 Å². The van der Waals surface area contributed by atoms with Crippen LogP contribution in [0.3, 0.4) is 0 Å². The topological polar surface area (TPSA) is 95.1 Å². The molecule has 1 amide bonds. The number of nitrogens with two attached hydrogens (primary N) is 1. The van der Waals surface area contributed by atoms with Crippen LogP contribution in [-0.4, -0.2) is 33.6 Å². The second-order valence-corrected chi connectivity index (χ2v) is 7.56. The van der Waals surface area contributed by atoms with Gasteiger partial charge in [0.05, 0.1) is 12.5 Å². The molecule has 0 spiro atoms. The smallest absolute Gasteiger partial charge is 0.219 e. The molecule has 2 heterocycles. The molecule has 152 valence electrons. The van der Waals surface area contributed by atoms with Crippen LogP contribution in [0, 0.1) is 0 Å². The average molecular weight is 393 g/mol. The molecule has 1 fully saturated rings. The van der Waals surface area contributed by atoms with E-state index >= 15 is 0 Å². The Hall–Kier alpha value is -3.09. The molecule has 0 saturated heterocycles. The number of amides is 1. The van der Waals surface area contributed by atoms with Crippen molar-refractivity contribution in [3.05, 3.63) is 36.8 Å². The number of benzene rings is 1. The lowest BCUT2D eigenvalue weighted by Crippen LogP contribution is -2.37. The van der Waals surface area contributed by atoms with Gasteiger partial charge in [0.2, 0.25) is 5.91 Å². The number of hydrogen-bond acceptors (Lipinski definition) is 5. The molecule has 0 radical (unpaired) electrons. The molecule has 0 bridgehead atoms. The van der Waals surface area contributed by atoms with E-state index < -0.39 is 0 Å². The van der Waals surface area contributed by atoms with Crippen LogP contribution in [0.25, 0.3) is 22.2 Å². The van der Waals surface area contributed by atoms with Crippen LogP contribution in [0.1, 0.15) is 45.1 Å². The number of nitrogens with zero attached hydrogens (tertiary/aromatic N) is 3. The van der Waals surface area contributed by atoms with Gasteiger partial charge in [0, 0.05) is 30.3 Å². The van der Waals surface area contributed by atoms with Gasteiger partial charge in [-0.2, -0.15) is 0 Å². The standard InChI is InChI=1S/C22H27N5O2/c1-3-19(28)26-15-6-8-16(9-7-15)27-12-18(14-4-10-17(29-2)11-5-14)20-21(23)24-13-25-22(20)27/h4-5,10-13,15-16H,3,6-9H2,1-2H3,(H,26,28)(H2,23,24,25). The lowest BCUT2D eigenvalue weighted by atomic mass is 9.91. The van der Waals surface area contributed by atoms with Gasteiger partial charge in [-0.3, -0.25) is 4.79 Å². The molecule has 3 aromatic rings. The third kappa shape index (κ3) is 3.77. The molecule has 4 rings (SSSR count). The minimum absolute atomic E-state index is 0.127. The van der Waals surface area contributed by atoms with Gasteiger partial charge < -0.3 is 20.4 Å². The normalized spacial score (nSPS) is 19.2. The highest BCUT2D eigenvalue weighted by Crippen LogP contribution is 2.38. The van der Waals surface area contributed by atoms with Gasteiger partial charge in [0.15, 0.2) is 0 Å². The van der Waals surface area contributed by atoms with Gasteiger partial charge in [0.25, 0.3) is 0 Å². The maximum atomic E-state index is 11.7. The number of ether oxygens (including phenoxy) is 1. The van der Waals surface area contributed by atoms with E-state index in [0.717, 1.165) is 53.6 Å². The molecular weight excluding hydrogens is 366 g/mol. The number of carbonyl (C=O) groups is 1. The summed E-state index contributed by atoms with van der Waals surface area (Å²) in [7, 11) is 1.66. The van der Waals surface area contributed by atoms with E-state index in [1.807, 2.05) is 31.2 Å². The Balaban J connectivity index is 1.66. The molecule has 0 aliphatic heterocycles. The van der Waals surface area contributed by atoms with Gasteiger partial charge in [-0.05, 0) is 43.4 Å². The minimum atomic E-state index is 0.127. The molecule has 7 heteroatoms. The fraction of sp³-hybridized carbons (Fsp3) is 0.409. The first-order valence-electron chi connectivity index (χ1n) is 10.2. The zero-order valence-electron chi connectivity index (χ0n) is 16.9. The SMILES string of the molecule is CCC(=O)NC1CCC(n2cc(-c3ccc(OC)cc3)c3c(N)ncnc32)CC1. The Kier molecular flexibility index (Phi) is 5.38. The highest BCUT2D eigenvalue weighted by Gasteiger charge is 2.26.